The molecule has 0 radical (unpaired) electrons. The summed E-state index contributed by atoms with van der Waals surface area (Å²) >= 11 is 0. The Morgan fingerprint density at radius 3 is 2.45 bits per heavy atom. The number of ether oxygens (including phenoxy) is 2. The van der Waals surface area contributed by atoms with Crippen molar-refractivity contribution in [1.29, 1.82) is 0 Å². The highest BCUT2D eigenvalue weighted by atomic mass is 19.1. The lowest BCUT2D eigenvalue weighted by Crippen LogP contribution is -2.11. The van der Waals surface area contributed by atoms with Crippen molar-refractivity contribution in [2.75, 3.05) is 13.2 Å². The lowest BCUT2D eigenvalue weighted by molar-refractivity contribution is 0.210. The summed E-state index contributed by atoms with van der Waals surface area (Å²) in [7, 11) is 0. The first-order chi connectivity index (χ1) is 9.70. The molecule has 0 aliphatic carbocycles. The summed E-state index contributed by atoms with van der Waals surface area (Å²) in [5.41, 5.74) is 7.52. The van der Waals surface area contributed by atoms with Gasteiger partial charge in [0.2, 0.25) is 0 Å². The van der Waals surface area contributed by atoms with Gasteiger partial charge in [0.25, 0.3) is 0 Å². The van der Waals surface area contributed by atoms with E-state index >= 15 is 0 Å². The van der Waals surface area contributed by atoms with Crippen molar-refractivity contribution in [3.63, 3.8) is 0 Å². The van der Waals surface area contributed by atoms with Crippen LogP contribution in [0.2, 0.25) is 0 Å². The average molecular weight is 275 g/mol. The Kier molecular flexibility index (Phi) is 4.96. The fourth-order valence-electron chi connectivity index (χ4n) is 1.84. The third-order valence-corrected chi connectivity index (χ3v) is 2.88. The Bertz CT molecular complexity index is 572. The minimum atomic E-state index is -0.363. The number of hydrogen-bond acceptors (Lipinski definition) is 3. The molecule has 0 aliphatic rings. The van der Waals surface area contributed by atoms with E-state index < -0.39 is 0 Å². The third-order valence-electron chi connectivity index (χ3n) is 2.88. The minimum absolute atomic E-state index is 0.251. The van der Waals surface area contributed by atoms with Crippen molar-refractivity contribution in [2.45, 2.75) is 13.5 Å². The third kappa shape index (κ3) is 3.71. The monoisotopic (exact) mass is 275 g/mol. The number of hydrogen-bond donors (Lipinski definition) is 1. The van der Waals surface area contributed by atoms with E-state index in [-0.39, 0.29) is 18.2 Å². The molecule has 3 nitrogen and oxygen atoms in total. The van der Waals surface area contributed by atoms with Gasteiger partial charge in [0.15, 0.2) is 11.6 Å². The second kappa shape index (κ2) is 6.91. The number of para-hydroxylation sites is 1. The maximum atomic E-state index is 13.5. The van der Waals surface area contributed by atoms with E-state index in [0.29, 0.717) is 13.2 Å². The van der Waals surface area contributed by atoms with Crippen LogP contribution in [-0.4, -0.2) is 13.2 Å². The largest absolute Gasteiger partial charge is 0.490 e. The van der Waals surface area contributed by atoms with Gasteiger partial charge in [-0.1, -0.05) is 24.3 Å². The Morgan fingerprint density at radius 2 is 1.70 bits per heavy atom. The topological polar surface area (TPSA) is 44.5 Å². The van der Waals surface area contributed by atoms with Crippen molar-refractivity contribution in [3.8, 4) is 11.5 Å². The van der Waals surface area contributed by atoms with Crippen LogP contribution in [0.1, 0.15) is 11.1 Å². The molecule has 0 saturated heterocycles. The highest BCUT2D eigenvalue weighted by Crippen LogP contribution is 2.19. The molecule has 0 aliphatic heterocycles. The van der Waals surface area contributed by atoms with Gasteiger partial charge < -0.3 is 15.2 Å². The first-order valence-corrected chi connectivity index (χ1v) is 6.50. The zero-order valence-electron chi connectivity index (χ0n) is 11.4. The first kappa shape index (κ1) is 14.3. The number of halogens is 1. The van der Waals surface area contributed by atoms with Gasteiger partial charge >= 0.3 is 0 Å². The van der Waals surface area contributed by atoms with Crippen molar-refractivity contribution in [2.24, 2.45) is 5.73 Å². The summed E-state index contributed by atoms with van der Waals surface area (Å²) in [4.78, 5) is 0. The molecule has 0 atom stereocenters. The zero-order chi connectivity index (χ0) is 14.4. The van der Waals surface area contributed by atoms with Gasteiger partial charge in [0, 0.05) is 12.1 Å². The number of aryl methyl sites for hydroxylation is 1. The van der Waals surface area contributed by atoms with E-state index in [4.69, 9.17) is 15.2 Å². The van der Waals surface area contributed by atoms with E-state index in [0.717, 1.165) is 16.9 Å². The maximum absolute atomic E-state index is 13.5. The highest BCUT2D eigenvalue weighted by Gasteiger charge is 2.04. The Balaban J connectivity index is 1.86. The quantitative estimate of drug-likeness (QED) is 0.824. The highest BCUT2D eigenvalue weighted by molar-refractivity contribution is 5.33. The molecule has 2 rings (SSSR count). The molecule has 0 spiro atoms. The van der Waals surface area contributed by atoms with E-state index in [2.05, 4.69) is 0 Å². The second-order valence-corrected chi connectivity index (χ2v) is 4.44. The van der Waals surface area contributed by atoms with Gasteiger partial charge in [-0.25, -0.2) is 4.39 Å². The van der Waals surface area contributed by atoms with Crippen molar-refractivity contribution in [3.05, 3.63) is 59.4 Å². The lowest BCUT2D eigenvalue weighted by Gasteiger charge is -2.11. The molecular formula is C16H18FNO2. The van der Waals surface area contributed by atoms with Crippen molar-refractivity contribution in [1.82, 2.24) is 0 Å². The van der Waals surface area contributed by atoms with E-state index in [1.807, 2.05) is 31.2 Å². The molecule has 2 aromatic carbocycles. The van der Waals surface area contributed by atoms with Crippen LogP contribution in [-0.2, 0) is 6.54 Å². The van der Waals surface area contributed by atoms with Gasteiger partial charge in [-0.05, 0) is 30.7 Å². The molecule has 0 unspecified atom stereocenters. The smallest absolute Gasteiger partial charge is 0.165 e. The Morgan fingerprint density at radius 1 is 1.00 bits per heavy atom. The van der Waals surface area contributed by atoms with Crippen molar-refractivity contribution >= 4 is 0 Å². The molecule has 106 valence electrons. The molecule has 0 heterocycles. The Labute approximate surface area is 118 Å². The predicted octanol–water partition coefficient (Wildman–Crippen LogP) is 3.05. The number of nitrogens with two attached hydrogens (primary N) is 1. The van der Waals surface area contributed by atoms with E-state index in [9.17, 15) is 4.39 Å². The zero-order valence-corrected chi connectivity index (χ0v) is 11.4. The molecule has 2 aromatic rings. The van der Waals surface area contributed by atoms with Crippen LogP contribution in [0, 0.1) is 12.7 Å². The van der Waals surface area contributed by atoms with Gasteiger partial charge in [-0.15, -0.1) is 0 Å². The molecule has 2 N–H and O–H groups in total. The molecule has 0 amide bonds. The average Bonchev–Trinajstić information content (AvgIpc) is 2.47. The molecule has 0 fully saturated rings. The van der Waals surface area contributed by atoms with Crippen LogP contribution >= 0.6 is 0 Å². The van der Waals surface area contributed by atoms with E-state index in [1.54, 1.807) is 12.1 Å². The van der Waals surface area contributed by atoms with Crippen LogP contribution in [0.25, 0.3) is 0 Å². The summed E-state index contributed by atoms with van der Waals surface area (Å²) in [5.74, 6) is 0.627. The summed E-state index contributed by atoms with van der Waals surface area (Å²) in [5, 5.41) is 0. The standard InChI is InChI=1S/C16H18FNO2/c1-12-6-7-14(17)16(10-12)20-9-8-19-15-5-3-2-4-13(15)11-18/h2-7,10H,8-9,11,18H2,1H3. The Hall–Kier alpha value is -2.07. The maximum Gasteiger partial charge on any atom is 0.165 e. The predicted molar refractivity (Wildman–Crippen MR) is 76.5 cm³/mol. The molecule has 4 heteroatoms. The molecule has 0 aromatic heterocycles. The molecule has 20 heavy (non-hydrogen) atoms. The van der Waals surface area contributed by atoms with Gasteiger partial charge in [0.05, 0.1) is 0 Å². The van der Waals surface area contributed by atoms with Crippen molar-refractivity contribution < 1.29 is 13.9 Å². The fraction of sp³-hybridized carbons (Fsp3) is 0.250. The molecule has 0 bridgehead atoms. The number of benzene rings is 2. The summed E-state index contributed by atoms with van der Waals surface area (Å²) in [6.45, 7) is 2.92. The lowest BCUT2D eigenvalue weighted by atomic mass is 10.2. The normalized spacial score (nSPS) is 10.3. The van der Waals surface area contributed by atoms with Crippen LogP contribution in [0.3, 0.4) is 0 Å². The van der Waals surface area contributed by atoms with Crippen LogP contribution in [0.5, 0.6) is 11.5 Å². The van der Waals surface area contributed by atoms with Gasteiger partial charge in [-0.3, -0.25) is 0 Å². The first-order valence-electron chi connectivity index (χ1n) is 6.50. The van der Waals surface area contributed by atoms with Gasteiger partial charge in [0.1, 0.15) is 19.0 Å². The summed E-state index contributed by atoms with van der Waals surface area (Å²) < 4.78 is 24.4. The van der Waals surface area contributed by atoms with Gasteiger partial charge in [-0.2, -0.15) is 0 Å². The summed E-state index contributed by atoms with van der Waals surface area (Å²) in [6.07, 6.45) is 0. The number of rotatable bonds is 6. The summed E-state index contributed by atoms with van der Waals surface area (Å²) in [6, 6.07) is 12.3. The van der Waals surface area contributed by atoms with Crippen LogP contribution < -0.4 is 15.2 Å². The SMILES string of the molecule is Cc1ccc(F)c(OCCOc2ccccc2CN)c1. The fourth-order valence-corrected chi connectivity index (χ4v) is 1.84. The van der Waals surface area contributed by atoms with Crippen LogP contribution in [0.4, 0.5) is 4.39 Å². The molecule has 0 saturated carbocycles. The van der Waals surface area contributed by atoms with E-state index in [1.165, 1.54) is 6.07 Å². The van der Waals surface area contributed by atoms with Crippen LogP contribution in [0.15, 0.2) is 42.5 Å². The minimum Gasteiger partial charge on any atom is -0.490 e. The second-order valence-electron chi connectivity index (χ2n) is 4.44. The molecular weight excluding hydrogens is 257 g/mol.